The van der Waals surface area contributed by atoms with E-state index in [1.165, 1.54) is 6.07 Å². The highest BCUT2D eigenvalue weighted by Crippen LogP contribution is 2.28. The van der Waals surface area contributed by atoms with E-state index >= 15 is 0 Å². The summed E-state index contributed by atoms with van der Waals surface area (Å²) in [5, 5.41) is 12.4. The van der Waals surface area contributed by atoms with Gasteiger partial charge in [0, 0.05) is 0 Å². The number of rotatable bonds is 6. The summed E-state index contributed by atoms with van der Waals surface area (Å²) >= 11 is 3.42. The van der Waals surface area contributed by atoms with Crippen molar-refractivity contribution in [3.8, 4) is 17.2 Å². The predicted octanol–water partition coefficient (Wildman–Crippen LogP) is 3.42. The lowest BCUT2D eigenvalue weighted by atomic mass is 10.1. The summed E-state index contributed by atoms with van der Waals surface area (Å²) < 4.78 is 11.3. The number of aromatic hydroxyl groups is 1. The molecule has 1 atom stereocenters. The van der Waals surface area contributed by atoms with E-state index in [1.54, 1.807) is 25.3 Å². The van der Waals surface area contributed by atoms with Crippen molar-refractivity contribution in [2.45, 2.75) is 13.0 Å². The van der Waals surface area contributed by atoms with Crippen LogP contribution in [0.3, 0.4) is 0 Å². The van der Waals surface area contributed by atoms with Gasteiger partial charge in [0.15, 0.2) is 18.1 Å². The van der Waals surface area contributed by atoms with Gasteiger partial charge in [-0.2, -0.15) is 0 Å². The Morgan fingerprint density at radius 1 is 1.26 bits per heavy atom. The number of carbonyl (C=O) groups excluding carboxylic acids is 1. The number of para-hydroxylation sites is 2. The predicted molar refractivity (Wildman–Crippen MR) is 90.9 cm³/mol. The van der Waals surface area contributed by atoms with E-state index in [0.29, 0.717) is 0 Å². The number of hydrogen-bond acceptors (Lipinski definition) is 4. The van der Waals surface area contributed by atoms with Gasteiger partial charge >= 0.3 is 0 Å². The van der Waals surface area contributed by atoms with Crippen molar-refractivity contribution < 1.29 is 19.4 Å². The number of ether oxygens (including phenoxy) is 2. The molecule has 6 heteroatoms. The van der Waals surface area contributed by atoms with E-state index in [4.69, 9.17) is 9.47 Å². The number of hydrogen-bond donors (Lipinski definition) is 2. The van der Waals surface area contributed by atoms with Crippen LogP contribution in [0.4, 0.5) is 0 Å². The molecule has 2 rings (SSSR count). The second-order valence-electron chi connectivity index (χ2n) is 4.94. The number of carbonyl (C=O) groups is 1. The number of halogens is 1. The molecule has 0 aromatic heterocycles. The van der Waals surface area contributed by atoms with Crippen LogP contribution < -0.4 is 14.8 Å². The monoisotopic (exact) mass is 379 g/mol. The quantitative estimate of drug-likeness (QED) is 0.806. The Morgan fingerprint density at radius 2 is 2.00 bits per heavy atom. The van der Waals surface area contributed by atoms with E-state index in [-0.39, 0.29) is 30.1 Å². The number of benzene rings is 2. The van der Waals surface area contributed by atoms with E-state index in [9.17, 15) is 9.90 Å². The summed E-state index contributed by atoms with van der Waals surface area (Å²) in [5.74, 6) is 0.748. The molecule has 0 fully saturated rings. The molecule has 0 aliphatic carbocycles. The summed E-state index contributed by atoms with van der Waals surface area (Å²) in [6.07, 6.45) is 0. The maximum absolute atomic E-state index is 12.0. The Labute approximate surface area is 143 Å². The van der Waals surface area contributed by atoms with Gasteiger partial charge in [-0.25, -0.2) is 0 Å². The zero-order chi connectivity index (χ0) is 16.8. The molecule has 0 saturated carbocycles. The average Bonchev–Trinajstić information content (AvgIpc) is 2.54. The first-order valence-corrected chi connectivity index (χ1v) is 7.84. The topological polar surface area (TPSA) is 67.8 Å². The van der Waals surface area contributed by atoms with Gasteiger partial charge in [-0.05, 0) is 52.7 Å². The van der Waals surface area contributed by atoms with Gasteiger partial charge in [0.1, 0.15) is 5.75 Å². The Balaban J connectivity index is 1.92. The third kappa shape index (κ3) is 4.63. The van der Waals surface area contributed by atoms with Crippen LogP contribution in [0.2, 0.25) is 0 Å². The number of nitrogens with one attached hydrogen (secondary N) is 1. The molecule has 0 spiro atoms. The molecular formula is C17H18BrNO4. The van der Waals surface area contributed by atoms with Gasteiger partial charge in [0.05, 0.1) is 17.6 Å². The largest absolute Gasteiger partial charge is 0.504 e. The average molecular weight is 380 g/mol. The Hall–Kier alpha value is -2.21. The molecule has 2 aromatic rings. The van der Waals surface area contributed by atoms with Crippen molar-refractivity contribution in [2.24, 2.45) is 0 Å². The highest BCUT2D eigenvalue weighted by atomic mass is 79.9. The van der Waals surface area contributed by atoms with Crippen molar-refractivity contribution >= 4 is 21.8 Å². The zero-order valence-electron chi connectivity index (χ0n) is 12.9. The second-order valence-corrected chi connectivity index (χ2v) is 5.79. The normalized spacial score (nSPS) is 11.6. The fraction of sp³-hybridized carbons (Fsp3) is 0.235. The fourth-order valence-electron chi connectivity index (χ4n) is 2.04. The molecule has 23 heavy (non-hydrogen) atoms. The number of phenolic OH excluding ortho intramolecular Hbond substituents is 1. The summed E-state index contributed by atoms with van der Waals surface area (Å²) in [6.45, 7) is 1.71. The first-order chi connectivity index (χ1) is 11.0. The van der Waals surface area contributed by atoms with Gasteiger partial charge in [0.2, 0.25) is 0 Å². The maximum atomic E-state index is 12.0. The van der Waals surface area contributed by atoms with Crippen molar-refractivity contribution in [2.75, 3.05) is 13.7 Å². The van der Waals surface area contributed by atoms with Crippen LogP contribution in [0.5, 0.6) is 17.2 Å². The lowest BCUT2D eigenvalue weighted by molar-refractivity contribution is -0.123. The summed E-state index contributed by atoms with van der Waals surface area (Å²) in [5.41, 5.74) is 0.939. The van der Waals surface area contributed by atoms with Gasteiger partial charge in [-0.3, -0.25) is 4.79 Å². The smallest absolute Gasteiger partial charge is 0.258 e. The third-order valence-corrected chi connectivity index (χ3v) is 3.90. The summed E-state index contributed by atoms with van der Waals surface area (Å²) in [6, 6.07) is 12.0. The lowest BCUT2D eigenvalue weighted by Gasteiger charge is -2.16. The Kier molecular flexibility index (Phi) is 5.87. The summed E-state index contributed by atoms with van der Waals surface area (Å²) in [4.78, 5) is 12.0. The molecule has 0 bridgehead atoms. The zero-order valence-corrected chi connectivity index (χ0v) is 14.5. The number of amides is 1. The van der Waals surface area contributed by atoms with Crippen LogP contribution in [-0.2, 0) is 4.79 Å². The molecule has 0 radical (unpaired) electrons. The molecule has 1 amide bonds. The lowest BCUT2D eigenvalue weighted by Crippen LogP contribution is -2.31. The van der Waals surface area contributed by atoms with Crippen molar-refractivity contribution in [3.05, 3.63) is 52.5 Å². The highest BCUT2D eigenvalue weighted by Gasteiger charge is 2.12. The molecule has 122 valence electrons. The molecule has 2 N–H and O–H groups in total. The van der Waals surface area contributed by atoms with Crippen molar-refractivity contribution in [3.63, 3.8) is 0 Å². The molecule has 2 aromatic carbocycles. The Morgan fingerprint density at radius 3 is 2.65 bits per heavy atom. The van der Waals surface area contributed by atoms with Gasteiger partial charge < -0.3 is 19.9 Å². The third-order valence-electron chi connectivity index (χ3n) is 3.28. The fourth-order valence-corrected chi connectivity index (χ4v) is 2.60. The molecule has 5 nitrogen and oxygen atoms in total. The second kappa shape index (κ2) is 7.87. The first-order valence-electron chi connectivity index (χ1n) is 7.05. The molecule has 0 aliphatic heterocycles. The van der Waals surface area contributed by atoms with Gasteiger partial charge in [-0.1, -0.05) is 18.2 Å². The molecule has 0 saturated heterocycles. The van der Waals surface area contributed by atoms with Gasteiger partial charge in [0.25, 0.3) is 5.91 Å². The van der Waals surface area contributed by atoms with Crippen LogP contribution >= 0.6 is 15.9 Å². The van der Waals surface area contributed by atoms with Crippen LogP contribution in [0.25, 0.3) is 0 Å². The number of phenols is 1. The Bertz CT molecular complexity index is 690. The van der Waals surface area contributed by atoms with E-state index in [2.05, 4.69) is 21.2 Å². The molecule has 0 aliphatic rings. The molecule has 0 heterocycles. The van der Waals surface area contributed by atoms with E-state index in [1.807, 2.05) is 25.1 Å². The summed E-state index contributed by atoms with van der Waals surface area (Å²) in [7, 11) is 1.60. The van der Waals surface area contributed by atoms with E-state index < -0.39 is 0 Å². The SMILES string of the molecule is COc1ccc(C(C)NC(=O)COc2ccccc2O)cc1Br. The van der Waals surface area contributed by atoms with E-state index in [0.717, 1.165) is 15.8 Å². The molecule has 1 unspecified atom stereocenters. The van der Waals surface area contributed by atoms with Crippen molar-refractivity contribution in [1.82, 2.24) is 5.32 Å². The molecular weight excluding hydrogens is 362 g/mol. The maximum Gasteiger partial charge on any atom is 0.258 e. The van der Waals surface area contributed by atoms with Crippen molar-refractivity contribution in [1.29, 1.82) is 0 Å². The minimum atomic E-state index is -0.271. The van der Waals surface area contributed by atoms with Crippen LogP contribution in [0.1, 0.15) is 18.5 Å². The minimum absolute atomic E-state index is 0.00688. The van der Waals surface area contributed by atoms with Crippen LogP contribution in [0, 0.1) is 0 Å². The van der Waals surface area contributed by atoms with Crippen LogP contribution in [0.15, 0.2) is 46.9 Å². The first kappa shape index (κ1) is 17.1. The van der Waals surface area contributed by atoms with Gasteiger partial charge in [-0.15, -0.1) is 0 Å². The minimum Gasteiger partial charge on any atom is -0.504 e. The number of methoxy groups -OCH3 is 1. The highest BCUT2D eigenvalue weighted by molar-refractivity contribution is 9.10. The van der Waals surface area contributed by atoms with Crippen LogP contribution in [-0.4, -0.2) is 24.7 Å². The standard InChI is InChI=1S/C17H18BrNO4/c1-11(12-7-8-15(22-2)13(18)9-12)19-17(21)10-23-16-6-4-3-5-14(16)20/h3-9,11,20H,10H2,1-2H3,(H,19,21).